The summed E-state index contributed by atoms with van der Waals surface area (Å²) in [6.45, 7) is 0. The Morgan fingerprint density at radius 3 is 2.22 bits per heavy atom. The second-order valence-electron chi connectivity index (χ2n) is 7.91. The molecule has 0 spiro atoms. The number of carbonyl (C=O) groups excluding carboxylic acids is 3. The Morgan fingerprint density at radius 1 is 0.919 bits per heavy atom. The monoisotopic (exact) mass is 541 g/mol. The van der Waals surface area contributed by atoms with Gasteiger partial charge in [0.1, 0.15) is 10.8 Å². The maximum absolute atomic E-state index is 13.4. The van der Waals surface area contributed by atoms with Crippen molar-refractivity contribution in [1.82, 2.24) is 0 Å². The number of esters is 1. The number of nitrogens with zero attached hydrogens (tertiary/aromatic N) is 1. The SMILES string of the molecule is COC(=O)c1cccc(N2C(=O)C(=O)/C(=C(/O)c3cc(Cl)c(OC)c(Cl)c3OC)C2c2ccccc2)c1. The van der Waals surface area contributed by atoms with Gasteiger partial charge in [-0.25, -0.2) is 4.79 Å². The largest absolute Gasteiger partial charge is 0.507 e. The summed E-state index contributed by atoms with van der Waals surface area (Å²) in [6.07, 6.45) is 0. The van der Waals surface area contributed by atoms with Crippen molar-refractivity contribution in [1.29, 1.82) is 0 Å². The lowest BCUT2D eigenvalue weighted by Crippen LogP contribution is -2.29. The zero-order valence-electron chi connectivity index (χ0n) is 20.0. The summed E-state index contributed by atoms with van der Waals surface area (Å²) in [5.41, 5.74) is 0.770. The van der Waals surface area contributed by atoms with Crippen LogP contribution in [0.3, 0.4) is 0 Å². The summed E-state index contributed by atoms with van der Waals surface area (Å²) in [5, 5.41) is 11.5. The van der Waals surface area contributed by atoms with Crippen molar-refractivity contribution in [2.75, 3.05) is 26.2 Å². The average Bonchev–Trinajstić information content (AvgIpc) is 3.18. The predicted molar refractivity (Wildman–Crippen MR) is 139 cm³/mol. The maximum Gasteiger partial charge on any atom is 0.337 e. The molecule has 1 N–H and O–H groups in total. The third-order valence-electron chi connectivity index (χ3n) is 5.90. The molecule has 1 atom stereocenters. The number of hydrogen-bond acceptors (Lipinski definition) is 7. The molecule has 1 amide bonds. The highest BCUT2D eigenvalue weighted by Crippen LogP contribution is 2.48. The van der Waals surface area contributed by atoms with Crippen LogP contribution in [0.15, 0.2) is 66.2 Å². The summed E-state index contributed by atoms with van der Waals surface area (Å²) in [7, 11) is 3.94. The Kier molecular flexibility index (Phi) is 7.42. The smallest absolute Gasteiger partial charge is 0.337 e. The van der Waals surface area contributed by atoms with E-state index in [4.69, 9.17) is 37.4 Å². The van der Waals surface area contributed by atoms with Crippen LogP contribution in [-0.4, -0.2) is 44.1 Å². The molecule has 1 aliphatic rings. The van der Waals surface area contributed by atoms with Gasteiger partial charge < -0.3 is 19.3 Å². The molecule has 1 saturated heterocycles. The van der Waals surface area contributed by atoms with Crippen LogP contribution < -0.4 is 14.4 Å². The molecule has 0 aromatic heterocycles. The van der Waals surface area contributed by atoms with Crippen molar-refractivity contribution in [2.24, 2.45) is 0 Å². The van der Waals surface area contributed by atoms with Gasteiger partial charge in [0.15, 0.2) is 11.5 Å². The number of ketones is 1. The number of rotatable bonds is 6. The molecule has 0 saturated carbocycles. The van der Waals surface area contributed by atoms with Gasteiger partial charge >= 0.3 is 5.97 Å². The molecule has 37 heavy (non-hydrogen) atoms. The third kappa shape index (κ3) is 4.50. The van der Waals surface area contributed by atoms with E-state index in [9.17, 15) is 19.5 Å². The first kappa shape index (κ1) is 26.1. The zero-order chi connectivity index (χ0) is 26.9. The van der Waals surface area contributed by atoms with Crippen LogP contribution in [0.4, 0.5) is 5.69 Å². The number of methoxy groups -OCH3 is 3. The molecular weight excluding hydrogens is 521 g/mol. The fourth-order valence-electron chi connectivity index (χ4n) is 4.24. The third-order valence-corrected chi connectivity index (χ3v) is 6.52. The summed E-state index contributed by atoms with van der Waals surface area (Å²) in [5.74, 6) is -2.87. The lowest BCUT2D eigenvalue weighted by Gasteiger charge is -2.26. The van der Waals surface area contributed by atoms with Crippen LogP contribution >= 0.6 is 23.2 Å². The second-order valence-corrected chi connectivity index (χ2v) is 8.69. The number of halogens is 2. The van der Waals surface area contributed by atoms with Crippen molar-refractivity contribution in [3.63, 3.8) is 0 Å². The van der Waals surface area contributed by atoms with E-state index in [0.29, 0.717) is 5.56 Å². The van der Waals surface area contributed by atoms with E-state index in [0.717, 1.165) is 0 Å². The highest BCUT2D eigenvalue weighted by atomic mass is 35.5. The molecule has 10 heteroatoms. The van der Waals surface area contributed by atoms with Gasteiger partial charge in [0, 0.05) is 5.69 Å². The summed E-state index contributed by atoms with van der Waals surface area (Å²) in [4.78, 5) is 40.2. The van der Waals surface area contributed by atoms with Gasteiger partial charge in [0.2, 0.25) is 0 Å². The summed E-state index contributed by atoms with van der Waals surface area (Å²) < 4.78 is 15.4. The Hall–Kier alpha value is -4.01. The lowest BCUT2D eigenvalue weighted by atomic mass is 9.94. The number of aliphatic hydroxyl groups excluding tert-OH is 1. The van der Waals surface area contributed by atoms with Gasteiger partial charge in [0.25, 0.3) is 11.7 Å². The molecule has 0 bridgehead atoms. The average molecular weight is 542 g/mol. The first-order valence-corrected chi connectivity index (χ1v) is 11.6. The summed E-state index contributed by atoms with van der Waals surface area (Å²) in [6, 6.07) is 15.1. The molecule has 1 unspecified atom stereocenters. The number of aliphatic hydroxyl groups is 1. The number of benzene rings is 3. The minimum Gasteiger partial charge on any atom is -0.507 e. The van der Waals surface area contributed by atoms with Gasteiger partial charge in [0.05, 0.1) is 49.1 Å². The highest BCUT2D eigenvalue weighted by molar-refractivity contribution is 6.52. The van der Waals surface area contributed by atoms with Gasteiger partial charge in [-0.15, -0.1) is 0 Å². The van der Waals surface area contributed by atoms with E-state index in [-0.39, 0.29) is 43.9 Å². The van der Waals surface area contributed by atoms with Crippen LogP contribution in [-0.2, 0) is 14.3 Å². The highest BCUT2D eigenvalue weighted by Gasteiger charge is 2.47. The fourth-order valence-corrected chi connectivity index (χ4v) is 4.93. The van der Waals surface area contributed by atoms with Crippen molar-refractivity contribution >= 4 is 52.3 Å². The molecule has 3 aromatic carbocycles. The van der Waals surface area contributed by atoms with E-state index in [2.05, 4.69) is 0 Å². The van der Waals surface area contributed by atoms with Crippen LogP contribution in [0.1, 0.15) is 27.5 Å². The molecule has 0 aliphatic carbocycles. The minimum absolute atomic E-state index is 0.000502. The Balaban J connectivity index is 1.99. The lowest BCUT2D eigenvalue weighted by molar-refractivity contribution is -0.132. The first-order chi connectivity index (χ1) is 17.7. The molecular formula is C27H21Cl2NO7. The second kappa shape index (κ2) is 10.5. The molecule has 0 radical (unpaired) electrons. The number of ether oxygens (including phenoxy) is 3. The first-order valence-electron chi connectivity index (χ1n) is 10.9. The quantitative estimate of drug-likeness (QED) is 0.192. The van der Waals surface area contributed by atoms with E-state index in [1.807, 2.05) is 0 Å². The number of amides is 1. The zero-order valence-corrected chi connectivity index (χ0v) is 21.5. The molecule has 3 aromatic rings. The van der Waals surface area contributed by atoms with E-state index in [1.54, 1.807) is 42.5 Å². The molecule has 1 aliphatic heterocycles. The van der Waals surface area contributed by atoms with Crippen molar-refractivity contribution < 1.29 is 33.7 Å². The number of carbonyl (C=O) groups is 3. The minimum atomic E-state index is -1.04. The molecule has 1 fully saturated rings. The standard InChI is InChI=1S/C27H21Cl2NO7/c1-35-24-17(13-18(28)25(36-2)20(24)29)22(31)19-21(14-8-5-4-6-9-14)30(26(33)23(19)32)16-11-7-10-15(12-16)27(34)37-3/h4-13,21,31H,1-3H3/b22-19+. The van der Waals surface area contributed by atoms with E-state index >= 15 is 0 Å². The molecule has 1 heterocycles. The van der Waals surface area contributed by atoms with Crippen molar-refractivity contribution in [3.8, 4) is 11.5 Å². The topological polar surface area (TPSA) is 102 Å². The molecule has 8 nitrogen and oxygen atoms in total. The Bertz CT molecular complexity index is 1440. The number of Topliss-reactive ketones (excluding diaryl/α,β-unsaturated/α-hetero) is 1. The Labute approximate surface area is 222 Å². The Morgan fingerprint density at radius 2 is 1.59 bits per heavy atom. The van der Waals surface area contributed by atoms with E-state index < -0.39 is 29.5 Å². The van der Waals surface area contributed by atoms with E-state index in [1.165, 1.54) is 44.4 Å². The predicted octanol–water partition coefficient (Wildman–Crippen LogP) is 5.42. The van der Waals surface area contributed by atoms with Crippen molar-refractivity contribution in [3.05, 3.63) is 93.0 Å². The van der Waals surface area contributed by atoms with Gasteiger partial charge in [-0.1, -0.05) is 59.6 Å². The van der Waals surface area contributed by atoms with Crippen LogP contribution in [0.25, 0.3) is 5.76 Å². The van der Waals surface area contributed by atoms with Crippen LogP contribution in [0.2, 0.25) is 10.0 Å². The fraction of sp³-hybridized carbons (Fsp3) is 0.148. The van der Waals surface area contributed by atoms with Gasteiger partial charge in [-0.3, -0.25) is 14.5 Å². The van der Waals surface area contributed by atoms with Crippen LogP contribution in [0, 0.1) is 0 Å². The van der Waals surface area contributed by atoms with Gasteiger partial charge in [-0.05, 0) is 29.8 Å². The normalized spacial score (nSPS) is 16.6. The van der Waals surface area contributed by atoms with Crippen LogP contribution in [0.5, 0.6) is 11.5 Å². The van der Waals surface area contributed by atoms with Gasteiger partial charge in [-0.2, -0.15) is 0 Å². The molecule has 4 rings (SSSR count). The molecule has 190 valence electrons. The number of hydrogen-bond donors (Lipinski definition) is 1. The van der Waals surface area contributed by atoms with Crippen molar-refractivity contribution in [2.45, 2.75) is 6.04 Å². The maximum atomic E-state index is 13.4. The number of anilines is 1. The summed E-state index contributed by atoms with van der Waals surface area (Å²) >= 11 is 12.7.